The molecular weight excluding hydrogens is 276 g/mol. The van der Waals surface area contributed by atoms with Gasteiger partial charge in [-0.1, -0.05) is 26.0 Å². The highest BCUT2D eigenvalue weighted by Crippen LogP contribution is 2.29. The van der Waals surface area contributed by atoms with Crippen molar-refractivity contribution >= 4 is 22.2 Å². The van der Waals surface area contributed by atoms with Gasteiger partial charge in [0.2, 0.25) is 0 Å². The number of aryl methyl sites for hydroxylation is 1. The molecule has 2 aromatic carbocycles. The molecule has 0 aliphatic carbocycles. The van der Waals surface area contributed by atoms with Crippen molar-refractivity contribution in [3.63, 3.8) is 0 Å². The van der Waals surface area contributed by atoms with Gasteiger partial charge in [0.25, 0.3) is 0 Å². The van der Waals surface area contributed by atoms with Gasteiger partial charge >= 0.3 is 0 Å². The SMILES string of the molecule is Cc1nc2cc(-c3ccc4nc(C(C)C)oc4c3)ccc2o1. The highest BCUT2D eigenvalue weighted by Gasteiger charge is 2.11. The van der Waals surface area contributed by atoms with Crippen LogP contribution in [0.25, 0.3) is 33.3 Å². The highest BCUT2D eigenvalue weighted by molar-refractivity contribution is 5.84. The second kappa shape index (κ2) is 4.70. The summed E-state index contributed by atoms with van der Waals surface area (Å²) in [5.41, 5.74) is 5.56. The van der Waals surface area contributed by atoms with Crippen molar-refractivity contribution in [1.82, 2.24) is 9.97 Å². The van der Waals surface area contributed by atoms with Crippen LogP contribution in [0, 0.1) is 6.92 Å². The highest BCUT2D eigenvalue weighted by atomic mass is 16.4. The molecule has 4 aromatic rings. The molecule has 110 valence electrons. The molecule has 0 aliphatic heterocycles. The van der Waals surface area contributed by atoms with E-state index in [-0.39, 0.29) is 5.92 Å². The van der Waals surface area contributed by atoms with E-state index in [0.29, 0.717) is 5.89 Å². The summed E-state index contributed by atoms with van der Waals surface area (Å²) in [7, 11) is 0. The van der Waals surface area contributed by atoms with E-state index in [9.17, 15) is 0 Å². The third kappa shape index (κ3) is 2.08. The summed E-state index contributed by atoms with van der Waals surface area (Å²) < 4.78 is 11.4. The lowest BCUT2D eigenvalue weighted by molar-refractivity contribution is 0.501. The minimum atomic E-state index is 0.283. The average Bonchev–Trinajstić information content (AvgIpc) is 3.07. The van der Waals surface area contributed by atoms with E-state index in [2.05, 4.69) is 29.9 Å². The molecule has 0 bridgehead atoms. The third-order valence-electron chi connectivity index (χ3n) is 3.73. The first-order valence-corrected chi connectivity index (χ1v) is 7.38. The van der Waals surface area contributed by atoms with Gasteiger partial charge in [-0.25, -0.2) is 9.97 Å². The van der Waals surface area contributed by atoms with Crippen LogP contribution in [-0.4, -0.2) is 9.97 Å². The van der Waals surface area contributed by atoms with Crippen LogP contribution in [0.4, 0.5) is 0 Å². The quantitative estimate of drug-likeness (QED) is 0.517. The van der Waals surface area contributed by atoms with Crippen molar-refractivity contribution in [2.24, 2.45) is 0 Å². The van der Waals surface area contributed by atoms with Crippen LogP contribution in [0.5, 0.6) is 0 Å². The molecule has 2 heterocycles. The van der Waals surface area contributed by atoms with Gasteiger partial charge in [-0.3, -0.25) is 0 Å². The molecule has 0 atom stereocenters. The Morgan fingerprint density at radius 2 is 1.59 bits per heavy atom. The van der Waals surface area contributed by atoms with Gasteiger partial charge in [-0.05, 0) is 35.4 Å². The van der Waals surface area contributed by atoms with Crippen LogP contribution in [0.2, 0.25) is 0 Å². The molecule has 0 saturated carbocycles. The van der Waals surface area contributed by atoms with Gasteiger partial charge in [0.05, 0.1) is 0 Å². The molecule has 4 rings (SSSR count). The number of hydrogen-bond acceptors (Lipinski definition) is 4. The van der Waals surface area contributed by atoms with Gasteiger partial charge in [0, 0.05) is 12.8 Å². The first-order valence-electron chi connectivity index (χ1n) is 7.38. The number of nitrogens with zero attached hydrogens (tertiary/aromatic N) is 2. The zero-order chi connectivity index (χ0) is 15.3. The van der Waals surface area contributed by atoms with Crippen LogP contribution in [0.3, 0.4) is 0 Å². The lowest BCUT2D eigenvalue weighted by Crippen LogP contribution is -1.84. The Bertz CT molecular complexity index is 979. The Hall–Kier alpha value is -2.62. The smallest absolute Gasteiger partial charge is 0.198 e. The lowest BCUT2D eigenvalue weighted by Gasteiger charge is -2.00. The molecule has 0 saturated heterocycles. The van der Waals surface area contributed by atoms with Crippen LogP contribution in [0.15, 0.2) is 45.2 Å². The van der Waals surface area contributed by atoms with Crippen LogP contribution < -0.4 is 0 Å². The molecule has 0 fully saturated rings. The second-order valence-electron chi connectivity index (χ2n) is 5.80. The van der Waals surface area contributed by atoms with Crippen molar-refractivity contribution in [1.29, 1.82) is 0 Å². The molecule has 0 N–H and O–H groups in total. The van der Waals surface area contributed by atoms with E-state index in [1.807, 2.05) is 37.3 Å². The number of fused-ring (bicyclic) bond motifs is 2. The zero-order valence-corrected chi connectivity index (χ0v) is 12.8. The molecule has 0 spiro atoms. The fourth-order valence-electron chi connectivity index (χ4n) is 2.59. The van der Waals surface area contributed by atoms with E-state index in [1.54, 1.807) is 0 Å². The fraction of sp³-hybridized carbons (Fsp3) is 0.222. The monoisotopic (exact) mass is 292 g/mol. The van der Waals surface area contributed by atoms with E-state index in [1.165, 1.54) is 0 Å². The van der Waals surface area contributed by atoms with Crippen molar-refractivity contribution in [3.05, 3.63) is 48.2 Å². The van der Waals surface area contributed by atoms with Crippen molar-refractivity contribution < 1.29 is 8.83 Å². The predicted molar refractivity (Wildman–Crippen MR) is 85.8 cm³/mol. The summed E-state index contributed by atoms with van der Waals surface area (Å²) in [5.74, 6) is 1.74. The second-order valence-corrected chi connectivity index (χ2v) is 5.80. The molecule has 4 nitrogen and oxygen atoms in total. The lowest BCUT2D eigenvalue weighted by atomic mass is 10.0. The number of aromatic nitrogens is 2. The maximum absolute atomic E-state index is 5.84. The van der Waals surface area contributed by atoms with E-state index in [4.69, 9.17) is 8.83 Å². The Kier molecular flexibility index (Phi) is 2.79. The minimum Gasteiger partial charge on any atom is -0.441 e. The van der Waals surface area contributed by atoms with E-state index >= 15 is 0 Å². The molecule has 22 heavy (non-hydrogen) atoms. The number of rotatable bonds is 2. The molecule has 4 heteroatoms. The van der Waals surface area contributed by atoms with Gasteiger partial charge in [0.15, 0.2) is 22.9 Å². The molecule has 2 aromatic heterocycles. The summed E-state index contributed by atoms with van der Waals surface area (Å²) >= 11 is 0. The van der Waals surface area contributed by atoms with Gasteiger partial charge < -0.3 is 8.83 Å². The summed E-state index contributed by atoms with van der Waals surface area (Å²) in [6.07, 6.45) is 0. The summed E-state index contributed by atoms with van der Waals surface area (Å²) in [5, 5.41) is 0. The zero-order valence-electron chi connectivity index (χ0n) is 12.8. The average molecular weight is 292 g/mol. The van der Waals surface area contributed by atoms with Crippen molar-refractivity contribution in [3.8, 4) is 11.1 Å². The molecule has 0 radical (unpaired) electrons. The maximum Gasteiger partial charge on any atom is 0.198 e. The van der Waals surface area contributed by atoms with Gasteiger partial charge in [-0.2, -0.15) is 0 Å². The van der Waals surface area contributed by atoms with Crippen molar-refractivity contribution in [2.75, 3.05) is 0 Å². The normalized spacial score (nSPS) is 11.8. The predicted octanol–water partition coefficient (Wildman–Crippen LogP) is 5.07. The van der Waals surface area contributed by atoms with Crippen molar-refractivity contribution in [2.45, 2.75) is 26.7 Å². The van der Waals surface area contributed by atoms with Crippen LogP contribution >= 0.6 is 0 Å². The Balaban J connectivity index is 1.84. The maximum atomic E-state index is 5.84. The first kappa shape index (κ1) is 13.1. The summed E-state index contributed by atoms with van der Waals surface area (Å²) in [6.45, 7) is 6.01. The molecule has 0 aliphatic rings. The minimum absolute atomic E-state index is 0.283. The Morgan fingerprint density at radius 1 is 0.818 bits per heavy atom. The molecular formula is C18H16N2O2. The molecule has 0 unspecified atom stereocenters. The van der Waals surface area contributed by atoms with Crippen LogP contribution in [-0.2, 0) is 0 Å². The van der Waals surface area contributed by atoms with Gasteiger partial charge in [0.1, 0.15) is 11.0 Å². The number of benzene rings is 2. The standard InChI is InChI=1S/C18H16N2O2/c1-10(2)18-20-14-6-4-13(9-17(14)22-18)12-5-7-16-15(8-12)19-11(3)21-16/h4-10H,1-3H3. The summed E-state index contributed by atoms with van der Waals surface area (Å²) in [4.78, 5) is 8.89. The van der Waals surface area contributed by atoms with Gasteiger partial charge in [-0.15, -0.1) is 0 Å². The number of hydrogen-bond donors (Lipinski definition) is 0. The third-order valence-corrected chi connectivity index (χ3v) is 3.73. The molecule has 0 amide bonds. The fourth-order valence-corrected chi connectivity index (χ4v) is 2.59. The topological polar surface area (TPSA) is 52.1 Å². The van der Waals surface area contributed by atoms with E-state index in [0.717, 1.165) is 39.2 Å². The van der Waals surface area contributed by atoms with E-state index < -0.39 is 0 Å². The Morgan fingerprint density at radius 3 is 2.41 bits per heavy atom. The van der Waals surface area contributed by atoms with Crippen LogP contribution in [0.1, 0.15) is 31.5 Å². The summed E-state index contributed by atoms with van der Waals surface area (Å²) in [6, 6.07) is 12.1. The Labute approximate surface area is 127 Å². The number of oxazole rings is 2. The first-order chi connectivity index (χ1) is 10.6. The largest absolute Gasteiger partial charge is 0.441 e.